The van der Waals surface area contributed by atoms with Crippen molar-refractivity contribution in [1.29, 1.82) is 0 Å². The average Bonchev–Trinajstić information content (AvgIpc) is 3.05. The maximum absolute atomic E-state index is 11.0. The first-order valence-electron chi connectivity index (χ1n) is 8.77. The van der Waals surface area contributed by atoms with Crippen LogP contribution in [0.3, 0.4) is 0 Å². The van der Waals surface area contributed by atoms with Crippen molar-refractivity contribution >= 4 is 11.9 Å². The molecule has 5 heteroatoms. The number of guanidine groups is 1. The van der Waals surface area contributed by atoms with E-state index in [9.17, 15) is 4.79 Å². The van der Waals surface area contributed by atoms with Gasteiger partial charge < -0.3 is 15.4 Å². The number of nitrogens with one attached hydrogen (secondary N) is 2. The molecule has 0 amide bonds. The van der Waals surface area contributed by atoms with E-state index in [2.05, 4.69) is 20.4 Å². The van der Waals surface area contributed by atoms with Crippen molar-refractivity contribution in [2.75, 3.05) is 27.2 Å². The molecule has 2 N–H and O–H groups in total. The van der Waals surface area contributed by atoms with E-state index < -0.39 is 0 Å². The molecule has 0 aromatic heterocycles. The molecule has 22 heavy (non-hydrogen) atoms. The van der Waals surface area contributed by atoms with E-state index in [-0.39, 0.29) is 5.97 Å². The highest BCUT2D eigenvalue weighted by molar-refractivity contribution is 5.79. The smallest absolute Gasteiger partial charge is 0.305 e. The summed E-state index contributed by atoms with van der Waals surface area (Å²) in [4.78, 5) is 15.2. The van der Waals surface area contributed by atoms with Gasteiger partial charge in [0.1, 0.15) is 0 Å². The summed E-state index contributed by atoms with van der Waals surface area (Å²) in [5.74, 6) is 1.73. The van der Waals surface area contributed by atoms with E-state index in [1.807, 2.05) is 7.05 Å². The standard InChI is InChI=1S/C17H33N3O2/c1-18-17(19-13-7-3-4-12-16(21)22-2)20-14-8-11-15-9-5-6-10-15/h15H,3-14H2,1-2H3,(H2,18,19,20). The fourth-order valence-corrected chi connectivity index (χ4v) is 3.00. The molecule has 0 aromatic carbocycles. The Bertz CT molecular complexity index is 326. The zero-order chi connectivity index (χ0) is 16.0. The van der Waals surface area contributed by atoms with Crippen molar-refractivity contribution in [2.45, 2.75) is 64.2 Å². The van der Waals surface area contributed by atoms with Crippen LogP contribution >= 0.6 is 0 Å². The summed E-state index contributed by atoms with van der Waals surface area (Å²) in [5, 5.41) is 6.70. The summed E-state index contributed by atoms with van der Waals surface area (Å²) in [6.07, 6.45) is 11.8. The van der Waals surface area contributed by atoms with E-state index in [1.54, 1.807) is 0 Å². The van der Waals surface area contributed by atoms with E-state index in [0.29, 0.717) is 6.42 Å². The lowest BCUT2D eigenvalue weighted by Crippen LogP contribution is -2.38. The normalized spacial score (nSPS) is 15.8. The Hall–Kier alpha value is -1.26. The van der Waals surface area contributed by atoms with Crippen molar-refractivity contribution in [2.24, 2.45) is 10.9 Å². The second kappa shape index (κ2) is 12.3. The number of esters is 1. The lowest BCUT2D eigenvalue weighted by molar-refractivity contribution is -0.140. The van der Waals surface area contributed by atoms with E-state index >= 15 is 0 Å². The van der Waals surface area contributed by atoms with Crippen LogP contribution in [0.2, 0.25) is 0 Å². The molecule has 5 nitrogen and oxygen atoms in total. The fourth-order valence-electron chi connectivity index (χ4n) is 3.00. The molecule has 0 heterocycles. The summed E-state index contributed by atoms with van der Waals surface area (Å²) in [6, 6.07) is 0. The first kappa shape index (κ1) is 18.8. The van der Waals surface area contributed by atoms with Crippen molar-refractivity contribution in [3.63, 3.8) is 0 Å². The van der Waals surface area contributed by atoms with Crippen LogP contribution in [0, 0.1) is 5.92 Å². The third-order valence-electron chi connectivity index (χ3n) is 4.36. The van der Waals surface area contributed by atoms with Crippen LogP contribution in [0.4, 0.5) is 0 Å². The quantitative estimate of drug-likeness (QED) is 0.282. The van der Waals surface area contributed by atoms with Crippen molar-refractivity contribution in [3.8, 4) is 0 Å². The molecule has 0 saturated heterocycles. The van der Waals surface area contributed by atoms with Crippen LogP contribution < -0.4 is 10.6 Å². The molecular weight excluding hydrogens is 278 g/mol. The molecule has 0 unspecified atom stereocenters. The number of ether oxygens (including phenoxy) is 1. The van der Waals surface area contributed by atoms with Gasteiger partial charge in [-0.1, -0.05) is 32.1 Å². The number of nitrogens with zero attached hydrogens (tertiary/aromatic N) is 1. The molecule has 1 saturated carbocycles. The van der Waals surface area contributed by atoms with Crippen LogP contribution in [0.25, 0.3) is 0 Å². The molecular formula is C17H33N3O2. The number of hydrogen-bond acceptors (Lipinski definition) is 3. The van der Waals surface area contributed by atoms with Gasteiger partial charge in [-0.2, -0.15) is 0 Å². The Morgan fingerprint density at radius 2 is 1.77 bits per heavy atom. The minimum Gasteiger partial charge on any atom is -0.469 e. The third-order valence-corrected chi connectivity index (χ3v) is 4.36. The number of aliphatic imine (C=N–C) groups is 1. The number of unbranched alkanes of at least 4 members (excludes halogenated alkanes) is 2. The number of carbonyl (C=O) groups is 1. The second-order valence-corrected chi connectivity index (χ2v) is 6.11. The molecule has 1 aliphatic rings. The largest absolute Gasteiger partial charge is 0.469 e. The van der Waals surface area contributed by atoms with Gasteiger partial charge in [0.2, 0.25) is 0 Å². The summed E-state index contributed by atoms with van der Waals surface area (Å²) in [7, 11) is 3.25. The predicted molar refractivity (Wildman–Crippen MR) is 91.0 cm³/mol. The highest BCUT2D eigenvalue weighted by Crippen LogP contribution is 2.28. The molecule has 0 aromatic rings. The summed E-state index contributed by atoms with van der Waals surface area (Å²) >= 11 is 0. The minimum atomic E-state index is -0.118. The van der Waals surface area contributed by atoms with Gasteiger partial charge in [-0.05, 0) is 31.6 Å². The van der Waals surface area contributed by atoms with Crippen LogP contribution in [0.5, 0.6) is 0 Å². The van der Waals surface area contributed by atoms with Crippen LogP contribution in [0.15, 0.2) is 4.99 Å². The first-order valence-corrected chi connectivity index (χ1v) is 8.77. The number of hydrogen-bond donors (Lipinski definition) is 2. The van der Waals surface area contributed by atoms with Gasteiger partial charge >= 0.3 is 5.97 Å². The molecule has 0 radical (unpaired) electrons. The van der Waals surface area contributed by atoms with E-state index in [0.717, 1.165) is 44.2 Å². The topological polar surface area (TPSA) is 62.7 Å². The van der Waals surface area contributed by atoms with Gasteiger partial charge in [-0.15, -0.1) is 0 Å². The third kappa shape index (κ3) is 8.90. The van der Waals surface area contributed by atoms with Gasteiger partial charge in [0, 0.05) is 26.6 Å². The van der Waals surface area contributed by atoms with Crippen molar-refractivity contribution < 1.29 is 9.53 Å². The highest BCUT2D eigenvalue weighted by atomic mass is 16.5. The zero-order valence-corrected chi connectivity index (χ0v) is 14.3. The lowest BCUT2D eigenvalue weighted by atomic mass is 10.0. The van der Waals surface area contributed by atoms with Crippen molar-refractivity contribution in [1.82, 2.24) is 10.6 Å². The van der Waals surface area contributed by atoms with Crippen LogP contribution in [-0.2, 0) is 9.53 Å². The minimum absolute atomic E-state index is 0.118. The number of methoxy groups -OCH3 is 1. The molecule has 0 atom stereocenters. The molecule has 0 aliphatic heterocycles. The monoisotopic (exact) mass is 311 g/mol. The van der Waals surface area contributed by atoms with Gasteiger partial charge in [0.25, 0.3) is 0 Å². The van der Waals surface area contributed by atoms with E-state index in [1.165, 1.54) is 45.6 Å². The Morgan fingerprint density at radius 1 is 1.09 bits per heavy atom. The molecule has 128 valence electrons. The van der Waals surface area contributed by atoms with E-state index in [4.69, 9.17) is 0 Å². The van der Waals surface area contributed by atoms with Gasteiger partial charge in [0.15, 0.2) is 5.96 Å². The van der Waals surface area contributed by atoms with Crippen LogP contribution in [0.1, 0.15) is 64.2 Å². The van der Waals surface area contributed by atoms with Gasteiger partial charge in [-0.25, -0.2) is 0 Å². The van der Waals surface area contributed by atoms with Gasteiger partial charge in [0.05, 0.1) is 7.11 Å². The highest BCUT2D eigenvalue weighted by Gasteiger charge is 2.13. The maximum atomic E-state index is 11.0. The fraction of sp³-hybridized carbons (Fsp3) is 0.882. The number of rotatable bonds is 10. The lowest BCUT2D eigenvalue weighted by Gasteiger charge is -2.13. The number of carbonyl (C=O) groups excluding carboxylic acids is 1. The van der Waals surface area contributed by atoms with Crippen LogP contribution in [-0.4, -0.2) is 39.2 Å². The molecule has 0 bridgehead atoms. The zero-order valence-electron chi connectivity index (χ0n) is 14.3. The Morgan fingerprint density at radius 3 is 2.41 bits per heavy atom. The molecule has 1 aliphatic carbocycles. The summed E-state index contributed by atoms with van der Waals surface area (Å²) in [5.41, 5.74) is 0. The Balaban J connectivity index is 1.94. The molecule has 1 rings (SSSR count). The maximum Gasteiger partial charge on any atom is 0.305 e. The Labute approximate surface area is 135 Å². The summed E-state index contributed by atoms with van der Waals surface area (Å²) < 4.78 is 4.62. The second-order valence-electron chi connectivity index (χ2n) is 6.11. The molecule has 1 fully saturated rings. The van der Waals surface area contributed by atoms with Gasteiger partial charge in [-0.3, -0.25) is 9.79 Å². The molecule has 0 spiro atoms. The Kier molecular flexibility index (Phi) is 10.5. The summed E-state index contributed by atoms with van der Waals surface area (Å²) in [6.45, 7) is 1.89. The predicted octanol–water partition coefficient (Wildman–Crippen LogP) is 2.86. The average molecular weight is 311 g/mol. The first-order chi connectivity index (χ1) is 10.8. The van der Waals surface area contributed by atoms with Crippen molar-refractivity contribution in [3.05, 3.63) is 0 Å². The SMILES string of the molecule is CN=C(NCCCCCC(=O)OC)NCCCC1CCCC1.